The molecule has 0 aliphatic carbocycles. The van der Waals surface area contributed by atoms with E-state index in [1.165, 1.54) is 0 Å². The van der Waals surface area contributed by atoms with Crippen molar-refractivity contribution in [2.45, 2.75) is 11.3 Å². The lowest BCUT2D eigenvalue weighted by Crippen LogP contribution is -2.26. The molecule has 0 heterocycles. The summed E-state index contributed by atoms with van der Waals surface area (Å²) < 4.78 is 38.3. The van der Waals surface area contributed by atoms with Gasteiger partial charge in [0.25, 0.3) is 0 Å². The van der Waals surface area contributed by atoms with Gasteiger partial charge in [-0.05, 0) is 36.2 Å². The fourth-order valence-corrected chi connectivity index (χ4v) is 3.66. The minimum Gasteiger partial charge on any atom is -0.493 e. The van der Waals surface area contributed by atoms with E-state index >= 15 is 0 Å². The Bertz CT molecular complexity index is 763. The van der Waals surface area contributed by atoms with E-state index < -0.39 is 10.0 Å². The topological polar surface area (TPSA) is 64.6 Å². The standard InChI is InChI=1S/C16H18BrNO4S/c1-21-15-10-12(14(17)11-16(15)22-2)8-9-18-23(19,20)13-6-4-3-5-7-13/h3-7,10-11,18H,8-9H2,1-2H3. The first-order valence-electron chi connectivity index (χ1n) is 6.93. The van der Waals surface area contributed by atoms with Gasteiger partial charge in [-0.3, -0.25) is 0 Å². The van der Waals surface area contributed by atoms with Crippen LogP contribution in [0.15, 0.2) is 51.8 Å². The van der Waals surface area contributed by atoms with Gasteiger partial charge >= 0.3 is 0 Å². The van der Waals surface area contributed by atoms with Crippen LogP contribution in [-0.4, -0.2) is 29.2 Å². The molecule has 0 saturated carbocycles. The van der Waals surface area contributed by atoms with E-state index in [-0.39, 0.29) is 11.4 Å². The summed E-state index contributed by atoms with van der Waals surface area (Å²) >= 11 is 3.46. The molecule has 0 amide bonds. The summed E-state index contributed by atoms with van der Waals surface area (Å²) in [5, 5.41) is 0. The number of ether oxygens (including phenoxy) is 2. The molecule has 7 heteroatoms. The highest BCUT2D eigenvalue weighted by molar-refractivity contribution is 9.10. The monoisotopic (exact) mass is 399 g/mol. The molecular formula is C16H18BrNO4S. The maximum atomic E-state index is 12.2. The Balaban J connectivity index is 2.07. The second-order valence-electron chi connectivity index (χ2n) is 4.76. The number of hydrogen-bond donors (Lipinski definition) is 1. The molecule has 0 aliphatic heterocycles. The lowest BCUT2D eigenvalue weighted by molar-refractivity contribution is 0.354. The summed E-state index contributed by atoms with van der Waals surface area (Å²) in [6.45, 7) is 0.283. The average Bonchev–Trinajstić information content (AvgIpc) is 2.56. The molecule has 0 bridgehead atoms. The van der Waals surface area contributed by atoms with Crippen molar-refractivity contribution in [1.82, 2.24) is 4.72 Å². The highest BCUT2D eigenvalue weighted by Crippen LogP contribution is 2.33. The van der Waals surface area contributed by atoms with E-state index in [9.17, 15) is 8.42 Å². The molecule has 0 aliphatic rings. The molecule has 5 nitrogen and oxygen atoms in total. The molecule has 0 unspecified atom stereocenters. The zero-order chi connectivity index (χ0) is 16.9. The van der Waals surface area contributed by atoms with Crippen LogP contribution in [0.5, 0.6) is 11.5 Å². The first kappa shape index (κ1) is 17.8. The van der Waals surface area contributed by atoms with Crippen molar-refractivity contribution in [3.05, 3.63) is 52.5 Å². The number of nitrogens with one attached hydrogen (secondary N) is 1. The molecule has 0 fully saturated rings. The molecule has 124 valence electrons. The van der Waals surface area contributed by atoms with Gasteiger partial charge in [0, 0.05) is 11.0 Å². The Labute approximate surface area is 144 Å². The van der Waals surface area contributed by atoms with Crippen molar-refractivity contribution in [2.75, 3.05) is 20.8 Å². The van der Waals surface area contributed by atoms with Gasteiger partial charge in [0.2, 0.25) is 10.0 Å². The Morgan fingerprint density at radius 2 is 1.65 bits per heavy atom. The molecule has 0 radical (unpaired) electrons. The first-order chi connectivity index (χ1) is 11.0. The molecule has 23 heavy (non-hydrogen) atoms. The highest BCUT2D eigenvalue weighted by Gasteiger charge is 2.14. The summed E-state index contributed by atoms with van der Waals surface area (Å²) in [5.74, 6) is 1.23. The molecule has 2 aromatic rings. The van der Waals surface area contributed by atoms with E-state index in [4.69, 9.17) is 9.47 Å². The summed E-state index contributed by atoms with van der Waals surface area (Å²) in [6, 6.07) is 11.9. The molecule has 2 aromatic carbocycles. The lowest BCUT2D eigenvalue weighted by atomic mass is 10.1. The Morgan fingerprint density at radius 1 is 1.04 bits per heavy atom. The maximum Gasteiger partial charge on any atom is 0.240 e. The van der Waals surface area contributed by atoms with Crippen LogP contribution in [-0.2, 0) is 16.4 Å². The molecule has 1 N–H and O–H groups in total. The van der Waals surface area contributed by atoms with E-state index in [1.807, 2.05) is 6.07 Å². The number of rotatable bonds is 7. The second-order valence-corrected chi connectivity index (χ2v) is 7.38. The minimum atomic E-state index is -3.49. The number of methoxy groups -OCH3 is 2. The smallest absolute Gasteiger partial charge is 0.240 e. The van der Waals surface area contributed by atoms with Crippen molar-refractivity contribution >= 4 is 26.0 Å². The van der Waals surface area contributed by atoms with Gasteiger partial charge in [-0.15, -0.1) is 0 Å². The molecular weight excluding hydrogens is 382 g/mol. The van der Waals surface area contributed by atoms with E-state index in [0.29, 0.717) is 17.9 Å². The van der Waals surface area contributed by atoms with Crippen molar-refractivity contribution in [2.24, 2.45) is 0 Å². The van der Waals surface area contributed by atoms with Crippen molar-refractivity contribution < 1.29 is 17.9 Å². The second kappa shape index (κ2) is 7.81. The van der Waals surface area contributed by atoms with Gasteiger partial charge in [0.1, 0.15) is 0 Å². The molecule has 0 spiro atoms. The van der Waals surface area contributed by atoms with Gasteiger partial charge in [0.15, 0.2) is 11.5 Å². The zero-order valence-corrected chi connectivity index (χ0v) is 15.3. The highest BCUT2D eigenvalue weighted by atomic mass is 79.9. The van der Waals surface area contributed by atoms with Crippen molar-refractivity contribution in [3.63, 3.8) is 0 Å². The number of sulfonamides is 1. The normalized spacial score (nSPS) is 11.3. The first-order valence-corrected chi connectivity index (χ1v) is 9.20. The van der Waals surface area contributed by atoms with Gasteiger partial charge < -0.3 is 9.47 Å². The lowest BCUT2D eigenvalue weighted by Gasteiger charge is -2.12. The van der Waals surface area contributed by atoms with Crippen LogP contribution >= 0.6 is 15.9 Å². The summed E-state index contributed by atoms with van der Waals surface area (Å²) in [4.78, 5) is 0.256. The van der Waals surface area contributed by atoms with Crippen molar-refractivity contribution in [1.29, 1.82) is 0 Å². The van der Waals surface area contributed by atoms with Crippen LogP contribution in [0.25, 0.3) is 0 Å². The summed E-state index contributed by atoms with van der Waals surface area (Å²) in [7, 11) is -0.362. The third-order valence-corrected chi connectivity index (χ3v) is 5.51. The third-order valence-electron chi connectivity index (χ3n) is 3.29. The van der Waals surface area contributed by atoms with Crippen LogP contribution in [0.2, 0.25) is 0 Å². The van der Waals surface area contributed by atoms with Crippen LogP contribution in [0.1, 0.15) is 5.56 Å². The third kappa shape index (κ3) is 4.46. The molecule has 0 atom stereocenters. The SMILES string of the molecule is COc1cc(Br)c(CCNS(=O)(=O)c2ccccc2)cc1OC. The van der Waals surface area contributed by atoms with E-state index in [2.05, 4.69) is 20.7 Å². The van der Waals surface area contributed by atoms with E-state index in [0.717, 1.165) is 10.0 Å². The molecule has 2 rings (SSSR count). The van der Waals surface area contributed by atoms with Crippen molar-refractivity contribution in [3.8, 4) is 11.5 Å². The fourth-order valence-electron chi connectivity index (χ4n) is 2.09. The van der Waals surface area contributed by atoms with Gasteiger partial charge in [-0.1, -0.05) is 34.1 Å². The Kier molecular flexibility index (Phi) is 6.04. The summed E-state index contributed by atoms with van der Waals surface area (Å²) in [6.07, 6.45) is 0.521. The van der Waals surface area contributed by atoms with Gasteiger partial charge in [0.05, 0.1) is 19.1 Å². The molecule has 0 aromatic heterocycles. The van der Waals surface area contributed by atoms with E-state index in [1.54, 1.807) is 50.6 Å². The predicted octanol–water partition coefficient (Wildman–Crippen LogP) is 2.99. The van der Waals surface area contributed by atoms with Crippen LogP contribution in [0.3, 0.4) is 0 Å². The van der Waals surface area contributed by atoms with Crippen LogP contribution in [0.4, 0.5) is 0 Å². The van der Waals surface area contributed by atoms with Gasteiger partial charge in [-0.25, -0.2) is 13.1 Å². The van der Waals surface area contributed by atoms with Crippen LogP contribution in [0, 0.1) is 0 Å². The maximum absolute atomic E-state index is 12.2. The average molecular weight is 400 g/mol. The Morgan fingerprint density at radius 3 is 2.26 bits per heavy atom. The fraction of sp³-hybridized carbons (Fsp3) is 0.250. The quantitative estimate of drug-likeness (QED) is 0.776. The van der Waals surface area contributed by atoms with Crippen LogP contribution < -0.4 is 14.2 Å². The van der Waals surface area contributed by atoms with Gasteiger partial charge in [-0.2, -0.15) is 0 Å². The molecule has 0 saturated heterocycles. The largest absolute Gasteiger partial charge is 0.493 e. The predicted molar refractivity (Wildman–Crippen MR) is 92.6 cm³/mol. The number of hydrogen-bond acceptors (Lipinski definition) is 4. The summed E-state index contributed by atoms with van der Waals surface area (Å²) in [5.41, 5.74) is 0.929. The Hall–Kier alpha value is -1.57. The minimum absolute atomic E-state index is 0.256. The number of halogens is 1. The number of benzene rings is 2. The zero-order valence-electron chi connectivity index (χ0n) is 12.9.